The number of aromatic nitrogens is 2. The summed E-state index contributed by atoms with van der Waals surface area (Å²) < 4.78 is 1.95. The van der Waals surface area contributed by atoms with Gasteiger partial charge in [0.15, 0.2) is 0 Å². The van der Waals surface area contributed by atoms with Crippen molar-refractivity contribution >= 4 is 0 Å². The highest BCUT2D eigenvalue weighted by Crippen LogP contribution is 2.41. The molecule has 3 heteroatoms. The monoisotopic (exact) mass is 263 g/mol. The molecule has 0 aliphatic heterocycles. The fourth-order valence-electron chi connectivity index (χ4n) is 3.60. The normalized spacial score (nSPS) is 27.6. The van der Waals surface area contributed by atoms with Gasteiger partial charge in [0, 0.05) is 13.2 Å². The largest absolute Gasteiger partial charge is 0.317 e. The number of aryl methyl sites for hydroxylation is 1. The minimum Gasteiger partial charge on any atom is -0.317 e. The molecule has 3 atom stereocenters. The molecule has 3 unspecified atom stereocenters. The van der Waals surface area contributed by atoms with Gasteiger partial charge in [0.05, 0.1) is 6.20 Å². The standard InChI is InChI=1S/C16H29N3/c1-4-6-13-7-8-14(10-17-5-2)16(9-13)15-11-18-19(3)12-15/h11-14,16-17H,4-10H2,1-3H3. The zero-order valence-corrected chi connectivity index (χ0v) is 12.7. The SMILES string of the molecule is CCCC1CCC(CNCC)C(c2cnn(C)c2)C1. The van der Waals surface area contributed by atoms with E-state index in [0.717, 1.165) is 24.9 Å². The molecule has 2 rings (SSSR count). The fourth-order valence-corrected chi connectivity index (χ4v) is 3.60. The van der Waals surface area contributed by atoms with Gasteiger partial charge in [0.2, 0.25) is 0 Å². The van der Waals surface area contributed by atoms with Gasteiger partial charge in [0.1, 0.15) is 0 Å². The van der Waals surface area contributed by atoms with E-state index in [2.05, 4.69) is 36.7 Å². The van der Waals surface area contributed by atoms with Crippen molar-refractivity contribution in [2.24, 2.45) is 18.9 Å². The minimum absolute atomic E-state index is 0.707. The third kappa shape index (κ3) is 3.82. The molecule has 1 saturated carbocycles. The molecule has 1 fully saturated rings. The molecule has 108 valence electrons. The van der Waals surface area contributed by atoms with Crippen LogP contribution in [0.1, 0.15) is 57.4 Å². The number of hydrogen-bond donors (Lipinski definition) is 1. The third-order valence-electron chi connectivity index (χ3n) is 4.61. The zero-order chi connectivity index (χ0) is 13.7. The summed E-state index contributed by atoms with van der Waals surface area (Å²) in [5, 5.41) is 7.92. The number of hydrogen-bond acceptors (Lipinski definition) is 2. The van der Waals surface area contributed by atoms with E-state index in [1.165, 1.54) is 37.7 Å². The van der Waals surface area contributed by atoms with Crippen LogP contribution in [0.25, 0.3) is 0 Å². The quantitative estimate of drug-likeness (QED) is 0.853. The van der Waals surface area contributed by atoms with E-state index >= 15 is 0 Å². The van der Waals surface area contributed by atoms with Crippen molar-refractivity contribution in [3.8, 4) is 0 Å². The summed E-state index contributed by atoms with van der Waals surface area (Å²) in [7, 11) is 2.02. The second-order valence-corrected chi connectivity index (χ2v) is 6.09. The Morgan fingerprint density at radius 2 is 2.21 bits per heavy atom. The van der Waals surface area contributed by atoms with Crippen LogP contribution < -0.4 is 5.32 Å². The average Bonchev–Trinajstić information content (AvgIpc) is 2.84. The van der Waals surface area contributed by atoms with Crippen LogP contribution in [0.3, 0.4) is 0 Å². The summed E-state index contributed by atoms with van der Waals surface area (Å²) in [4.78, 5) is 0. The molecular formula is C16H29N3. The molecule has 0 bridgehead atoms. The maximum absolute atomic E-state index is 4.37. The van der Waals surface area contributed by atoms with Gasteiger partial charge >= 0.3 is 0 Å². The first-order chi connectivity index (χ1) is 9.24. The first-order valence-corrected chi connectivity index (χ1v) is 7.93. The number of rotatable bonds is 6. The van der Waals surface area contributed by atoms with Crippen molar-refractivity contribution in [1.29, 1.82) is 0 Å². The maximum atomic E-state index is 4.37. The predicted molar refractivity (Wildman–Crippen MR) is 80.2 cm³/mol. The lowest BCUT2D eigenvalue weighted by Gasteiger charge is -2.36. The molecule has 0 aromatic carbocycles. The highest BCUT2D eigenvalue weighted by molar-refractivity contribution is 5.14. The van der Waals surface area contributed by atoms with E-state index in [1.807, 2.05) is 11.7 Å². The van der Waals surface area contributed by atoms with Gasteiger partial charge in [-0.3, -0.25) is 4.68 Å². The molecule has 1 N–H and O–H groups in total. The minimum atomic E-state index is 0.707. The summed E-state index contributed by atoms with van der Waals surface area (Å²) in [5.74, 6) is 2.42. The van der Waals surface area contributed by atoms with Crippen LogP contribution in [0.2, 0.25) is 0 Å². The second kappa shape index (κ2) is 7.09. The molecule has 1 aliphatic carbocycles. The highest BCUT2D eigenvalue weighted by atomic mass is 15.2. The van der Waals surface area contributed by atoms with E-state index in [-0.39, 0.29) is 0 Å². The van der Waals surface area contributed by atoms with Crippen LogP contribution in [-0.4, -0.2) is 22.9 Å². The smallest absolute Gasteiger partial charge is 0.0524 e. The van der Waals surface area contributed by atoms with Crippen molar-refractivity contribution in [1.82, 2.24) is 15.1 Å². The van der Waals surface area contributed by atoms with Crippen LogP contribution in [0, 0.1) is 11.8 Å². The molecule has 0 amide bonds. The highest BCUT2D eigenvalue weighted by Gasteiger charge is 2.31. The second-order valence-electron chi connectivity index (χ2n) is 6.09. The summed E-state index contributed by atoms with van der Waals surface area (Å²) >= 11 is 0. The molecular weight excluding hydrogens is 234 g/mol. The van der Waals surface area contributed by atoms with Gasteiger partial charge < -0.3 is 5.32 Å². The van der Waals surface area contributed by atoms with E-state index < -0.39 is 0 Å². The van der Waals surface area contributed by atoms with Gasteiger partial charge in [-0.05, 0) is 49.2 Å². The van der Waals surface area contributed by atoms with Crippen LogP contribution in [0.15, 0.2) is 12.4 Å². The average molecular weight is 263 g/mol. The Kier molecular flexibility index (Phi) is 5.44. The van der Waals surface area contributed by atoms with Crippen LogP contribution in [0.4, 0.5) is 0 Å². The van der Waals surface area contributed by atoms with Crippen molar-refractivity contribution in [3.05, 3.63) is 18.0 Å². The molecule has 0 spiro atoms. The van der Waals surface area contributed by atoms with E-state index in [1.54, 1.807) is 0 Å². The number of nitrogens with one attached hydrogen (secondary N) is 1. The summed E-state index contributed by atoms with van der Waals surface area (Å²) in [6, 6.07) is 0. The van der Waals surface area contributed by atoms with Gasteiger partial charge in [-0.15, -0.1) is 0 Å². The van der Waals surface area contributed by atoms with Crippen molar-refractivity contribution in [2.45, 2.75) is 51.9 Å². The number of nitrogens with zero attached hydrogens (tertiary/aromatic N) is 2. The fraction of sp³-hybridized carbons (Fsp3) is 0.812. The van der Waals surface area contributed by atoms with Crippen molar-refractivity contribution in [3.63, 3.8) is 0 Å². The van der Waals surface area contributed by atoms with E-state index in [9.17, 15) is 0 Å². The summed E-state index contributed by atoms with van der Waals surface area (Å²) in [5.41, 5.74) is 1.45. The van der Waals surface area contributed by atoms with Crippen molar-refractivity contribution in [2.75, 3.05) is 13.1 Å². The Morgan fingerprint density at radius 1 is 1.37 bits per heavy atom. The molecule has 3 nitrogen and oxygen atoms in total. The van der Waals surface area contributed by atoms with Gasteiger partial charge in [-0.25, -0.2) is 0 Å². The van der Waals surface area contributed by atoms with Crippen LogP contribution in [-0.2, 0) is 7.05 Å². The zero-order valence-electron chi connectivity index (χ0n) is 12.7. The Bertz CT molecular complexity index is 372. The van der Waals surface area contributed by atoms with Crippen LogP contribution >= 0.6 is 0 Å². The van der Waals surface area contributed by atoms with Gasteiger partial charge in [-0.1, -0.05) is 33.1 Å². The van der Waals surface area contributed by atoms with Gasteiger partial charge in [-0.2, -0.15) is 5.10 Å². The Balaban J connectivity index is 2.06. The summed E-state index contributed by atoms with van der Waals surface area (Å²) in [6.07, 6.45) is 11.2. The van der Waals surface area contributed by atoms with Gasteiger partial charge in [0.25, 0.3) is 0 Å². The third-order valence-corrected chi connectivity index (χ3v) is 4.61. The van der Waals surface area contributed by atoms with Crippen molar-refractivity contribution < 1.29 is 0 Å². The molecule has 0 saturated heterocycles. The molecule has 19 heavy (non-hydrogen) atoms. The van der Waals surface area contributed by atoms with Crippen LogP contribution in [0.5, 0.6) is 0 Å². The Morgan fingerprint density at radius 3 is 2.84 bits per heavy atom. The lowest BCUT2D eigenvalue weighted by molar-refractivity contribution is 0.221. The maximum Gasteiger partial charge on any atom is 0.0524 e. The molecule has 1 aromatic rings. The summed E-state index contributed by atoms with van der Waals surface area (Å²) in [6.45, 7) is 6.75. The Labute approximate surface area is 117 Å². The lowest BCUT2D eigenvalue weighted by Crippen LogP contribution is -2.32. The van der Waals surface area contributed by atoms with E-state index in [4.69, 9.17) is 0 Å². The lowest BCUT2D eigenvalue weighted by atomic mass is 9.70. The molecule has 1 heterocycles. The molecule has 1 aliphatic rings. The molecule has 1 aromatic heterocycles. The Hall–Kier alpha value is -0.830. The predicted octanol–water partition coefficient (Wildman–Crippen LogP) is 3.33. The first-order valence-electron chi connectivity index (χ1n) is 7.93. The topological polar surface area (TPSA) is 29.9 Å². The first kappa shape index (κ1) is 14.6. The van der Waals surface area contributed by atoms with E-state index in [0.29, 0.717) is 5.92 Å². The molecule has 0 radical (unpaired) electrons.